The van der Waals surface area contributed by atoms with Gasteiger partial charge in [0.2, 0.25) is 0 Å². The summed E-state index contributed by atoms with van der Waals surface area (Å²) in [5.41, 5.74) is 1.21. The van der Waals surface area contributed by atoms with E-state index in [9.17, 15) is 10.1 Å². The number of likely N-dealkylation sites (N-methyl/N-ethyl adjacent to an activating group) is 1. The van der Waals surface area contributed by atoms with Crippen LogP contribution in [0.5, 0.6) is 0 Å². The van der Waals surface area contributed by atoms with Gasteiger partial charge in [0.25, 0.3) is 5.69 Å². The van der Waals surface area contributed by atoms with Gasteiger partial charge >= 0.3 is 0 Å². The van der Waals surface area contributed by atoms with Crippen LogP contribution in [0.1, 0.15) is 24.8 Å². The van der Waals surface area contributed by atoms with E-state index in [4.69, 9.17) is 0 Å². The maximum Gasteiger partial charge on any atom is 0.269 e. The lowest BCUT2D eigenvalue weighted by Crippen LogP contribution is -2.44. The molecule has 104 valence electrons. The second-order valence-electron chi connectivity index (χ2n) is 5.10. The van der Waals surface area contributed by atoms with E-state index in [1.807, 2.05) is 13.1 Å². The largest absolute Gasteiger partial charge is 0.318 e. The SMILES string of the molecule is CNCC1CCCCN1Cc1cccc([N+](=O)[O-])c1. The molecule has 0 aromatic heterocycles. The van der Waals surface area contributed by atoms with Crippen LogP contribution in [0.2, 0.25) is 0 Å². The lowest BCUT2D eigenvalue weighted by molar-refractivity contribution is -0.384. The van der Waals surface area contributed by atoms with E-state index in [2.05, 4.69) is 10.2 Å². The maximum absolute atomic E-state index is 10.8. The molecule has 1 fully saturated rings. The van der Waals surface area contributed by atoms with Gasteiger partial charge in [-0.2, -0.15) is 0 Å². The molecule has 1 unspecified atom stereocenters. The number of nitro groups is 1. The Labute approximate surface area is 113 Å². The predicted octanol–water partition coefficient (Wildman–Crippen LogP) is 2.17. The zero-order valence-electron chi connectivity index (χ0n) is 11.3. The second-order valence-corrected chi connectivity index (χ2v) is 5.10. The van der Waals surface area contributed by atoms with Crippen molar-refractivity contribution in [1.29, 1.82) is 0 Å². The number of piperidine rings is 1. The highest BCUT2D eigenvalue weighted by Crippen LogP contribution is 2.21. The molecule has 0 amide bonds. The molecule has 1 aromatic carbocycles. The average molecular weight is 263 g/mol. The van der Waals surface area contributed by atoms with E-state index < -0.39 is 0 Å². The van der Waals surface area contributed by atoms with Gasteiger partial charge in [-0.05, 0) is 32.0 Å². The van der Waals surface area contributed by atoms with Gasteiger partial charge in [-0.3, -0.25) is 15.0 Å². The van der Waals surface area contributed by atoms with Crippen LogP contribution < -0.4 is 5.32 Å². The summed E-state index contributed by atoms with van der Waals surface area (Å²) in [6.45, 7) is 2.86. The Morgan fingerprint density at radius 2 is 2.32 bits per heavy atom. The summed E-state index contributed by atoms with van der Waals surface area (Å²) in [5.74, 6) is 0. The van der Waals surface area contributed by atoms with Crippen molar-refractivity contribution in [3.63, 3.8) is 0 Å². The zero-order valence-corrected chi connectivity index (χ0v) is 11.3. The molecule has 1 N–H and O–H groups in total. The molecule has 5 heteroatoms. The fraction of sp³-hybridized carbons (Fsp3) is 0.571. The number of hydrogen-bond acceptors (Lipinski definition) is 4. The Bertz CT molecular complexity index is 434. The molecular weight excluding hydrogens is 242 g/mol. The van der Waals surface area contributed by atoms with E-state index in [1.165, 1.54) is 19.3 Å². The Balaban J connectivity index is 2.06. The molecule has 1 heterocycles. The summed E-state index contributed by atoms with van der Waals surface area (Å²) >= 11 is 0. The summed E-state index contributed by atoms with van der Waals surface area (Å²) in [6, 6.07) is 7.51. The van der Waals surface area contributed by atoms with Crippen molar-refractivity contribution in [2.45, 2.75) is 31.8 Å². The molecule has 1 saturated heterocycles. The Kier molecular flexibility index (Phi) is 4.87. The molecule has 0 bridgehead atoms. The first-order valence-electron chi connectivity index (χ1n) is 6.82. The molecule has 1 aliphatic heterocycles. The van der Waals surface area contributed by atoms with Crippen molar-refractivity contribution in [1.82, 2.24) is 10.2 Å². The number of nitrogens with one attached hydrogen (secondary N) is 1. The van der Waals surface area contributed by atoms with E-state index in [0.717, 1.165) is 25.2 Å². The third-order valence-electron chi connectivity index (χ3n) is 3.70. The minimum absolute atomic E-state index is 0.180. The highest BCUT2D eigenvalue weighted by Gasteiger charge is 2.22. The fourth-order valence-corrected chi connectivity index (χ4v) is 2.74. The summed E-state index contributed by atoms with van der Waals surface area (Å²) in [5, 5.41) is 14.0. The lowest BCUT2D eigenvalue weighted by atomic mass is 10.0. The van der Waals surface area contributed by atoms with Gasteiger partial charge in [-0.1, -0.05) is 18.6 Å². The van der Waals surface area contributed by atoms with Gasteiger partial charge in [0.05, 0.1) is 4.92 Å². The van der Waals surface area contributed by atoms with Crippen molar-refractivity contribution in [3.8, 4) is 0 Å². The Morgan fingerprint density at radius 1 is 1.47 bits per heavy atom. The number of rotatable bonds is 5. The topological polar surface area (TPSA) is 58.4 Å². The van der Waals surface area contributed by atoms with E-state index in [0.29, 0.717) is 6.04 Å². The molecule has 0 spiro atoms. The molecule has 5 nitrogen and oxygen atoms in total. The molecule has 19 heavy (non-hydrogen) atoms. The maximum atomic E-state index is 10.8. The summed E-state index contributed by atoms with van der Waals surface area (Å²) in [7, 11) is 1.97. The number of non-ortho nitro benzene ring substituents is 1. The van der Waals surface area contributed by atoms with Gasteiger partial charge in [0.1, 0.15) is 0 Å². The molecule has 1 aromatic rings. The summed E-state index contributed by atoms with van der Waals surface area (Å²) < 4.78 is 0. The van der Waals surface area contributed by atoms with E-state index in [1.54, 1.807) is 18.2 Å². The Hall–Kier alpha value is -1.46. The first kappa shape index (κ1) is 14.0. The summed E-state index contributed by atoms with van der Waals surface area (Å²) in [6.07, 6.45) is 3.70. The lowest BCUT2D eigenvalue weighted by Gasteiger charge is -2.35. The quantitative estimate of drug-likeness (QED) is 0.653. The predicted molar refractivity (Wildman–Crippen MR) is 75.1 cm³/mol. The van der Waals surface area contributed by atoms with Crippen LogP contribution in [0.3, 0.4) is 0 Å². The number of benzene rings is 1. The van der Waals surface area contributed by atoms with Crippen molar-refractivity contribution >= 4 is 5.69 Å². The first-order chi connectivity index (χ1) is 9.20. The first-order valence-corrected chi connectivity index (χ1v) is 6.82. The molecule has 0 aliphatic carbocycles. The number of likely N-dealkylation sites (tertiary alicyclic amines) is 1. The monoisotopic (exact) mass is 263 g/mol. The minimum Gasteiger partial charge on any atom is -0.318 e. The van der Waals surface area contributed by atoms with Crippen LogP contribution in [0.25, 0.3) is 0 Å². The van der Waals surface area contributed by atoms with Gasteiger partial charge in [-0.15, -0.1) is 0 Å². The van der Waals surface area contributed by atoms with Crippen LogP contribution in [0.15, 0.2) is 24.3 Å². The van der Waals surface area contributed by atoms with E-state index >= 15 is 0 Å². The standard InChI is InChI=1S/C14H21N3O2/c1-15-10-14-6-2-3-8-16(14)11-12-5-4-7-13(9-12)17(18)19/h4-5,7,9,14-15H,2-3,6,8,10-11H2,1H3. The molecule has 1 aliphatic rings. The van der Waals surface area contributed by atoms with Crippen molar-refractivity contribution in [2.24, 2.45) is 0 Å². The third kappa shape index (κ3) is 3.75. The zero-order chi connectivity index (χ0) is 13.7. The highest BCUT2D eigenvalue weighted by atomic mass is 16.6. The average Bonchev–Trinajstić information content (AvgIpc) is 2.41. The van der Waals surface area contributed by atoms with Crippen molar-refractivity contribution in [3.05, 3.63) is 39.9 Å². The second kappa shape index (κ2) is 6.63. The molecule has 2 rings (SSSR count). The van der Waals surface area contributed by atoms with Crippen LogP contribution in [0.4, 0.5) is 5.69 Å². The van der Waals surface area contributed by atoms with E-state index in [-0.39, 0.29) is 10.6 Å². The third-order valence-corrected chi connectivity index (χ3v) is 3.70. The van der Waals surface area contributed by atoms with Gasteiger partial charge < -0.3 is 5.32 Å². The summed E-state index contributed by atoms with van der Waals surface area (Å²) in [4.78, 5) is 12.9. The highest BCUT2D eigenvalue weighted by molar-refractivity contribution is 5.34. The normalized spacial score (nSPS) is 20.4. The molecule has 1 atom stereocenters. The smallest absolute Gasteiger partial charge is 0.269 e. The molecular formula is C14H21N3O2. The van der Waals surface area contributed by atoms with Gasteiger partial charge in [-0.25, -0.2) is 0 Å². The number of nitrogens with zero attached hydrogens (tertiary/aromatic N) is 2. The van der Waals surface area contributed by atoms with Gasteiger partial charge in [0, 0.05) is 31.3 Å². The minimum atomic E-state index is -0.329. The van der Waals surface area contributed by atoms with Crippen molar-refractivity contribution in [2.75, 3.05) is 20.1 Å². The molecule has 0 radical (unpaired) electrons. The van der Waals surface area contributed by atoms with Crippen LogP contribution in [-0.2, 0) is 6.54 Å². The van der Waals surface area contributed by atoms with Crippen LogP contribution in [-0.4, -0.2) is 36.0 Å². The number of nitro benzene ring substituents is 1. The van der Waals surface area contributed by atoms with Gasteiger partial charge in [0.15, 0.2) is 0 Å². The van der Waals surface area contributed by atoms with Crippen LogP contribution >= 0.6 is 0 Å². The molecule has 0 saturated carbocycles. The van der Waals surface area contributed by atoms with Crippen LogP contribution in [0, 0.1) is 10.1 Å². The fourth-order valence-electron chi connectivity index (χ4n) is 2.74. The Morgan fingerprint density at radius 3 is 3.05 bits per heavy atom. The van der Waals surface area contributed by atoms with Crippen molar-refractivity contribution < 1.29 is 4.92 Å². The number of hydrogen-bond donors (Lipinski definition) is 1.